The van der Waals surface area contributed by atoms with Gasteiger partial charge in [0.1, 0.15) is 5.82 Å². The van der Waals surface area contributed by atoms with Crippen LogP contribution < -0.4 is 5.73 Å². The Morgan fingerprint density at radius 3 is 3.00 bits per heavy atom. The molecule has 0 aliphatic rings. The van der Waals surface area contributed by atoms with Crippen LogP contribution in [0, 0.1) is 5.82 Å². The van der Waals surface area contributed by atoms with E-state index in [0.29, 0.717) is 17.7 Å². The number of H-pyrrole nitrogens is 1. The number of benzene rings is 1. The van der Waals surface area contributed by atoms with Crippen molar-refractivity contribution >= 4 is 11.6 Å². The van der Waals surface area contributed by atoms with Gasteiger partial charge in [-0.25, -0.2) is 4.39 Å². The van der Waals surface area contributed by atoms with E-state index >= 15 is 0 Å². The average Bonchev–Trinajstić information content (AvgIpc) is 2.78. The fraction of sp³-hybridized carbons (Fsp3) is 0.200. The smallest absolute Gasteiger partial charge is 0.145 e. The van der Waals surface area contributed by atoms with Crippen molar-refractivity contribution in [3.63, 3.8) is 0 Å². The first kappa shape index (κ1) is 11.0. The lowest BCUT2D eigenvalue weighted by Gasteiger charge is -2.09. The molecule has 0 spiro atoms. The van der Waals surface area contributed by atoms with E-state index in [-0.39, 0.29) is 5.02 Å². The minimum Gasteiger partial charge on any atom is -0.322 e. The van der Waals surface area contributed by atoms with Crippen molar-refractivity contribution in [2.45, 2.75) is 12.5 Å². The molecule has 1 heterocycles. The SMILES string of the molecule is NC(Cc1cccc(Cl)c1F)c1cn[nH]n1. The summed E-state index contributed by atoms with van der Waals surface area (Å²) in [7, 11) is 0. The number of rotatable bonds is 3. The Bertz CT molecular complexity index is 472. The lowest BCUT2D eigenvalue weighted by Crippen LogP contribution is -2.14. The molecule has 2 rings (SSSR count). The van der Waals surface area contributed by atoms with E-state index in [1.807, 2.05) is 0 Å². The van der Waals surface area contributed by atoms with Crippen molar-refractivity contribution in [1.29, 1.82) is 0 Å². The molecule has 4 nitrogen and oxygen atoms in total. The monoisotopic (exact) mass is 240 g/mol. The van der Waals surface area contributed by atoms with Crippen LogP contribution >= 0.6 is 11.6 Å². The maximum Gasteiger partial charge on any atom is 0.145 e. The maximum atomic E-state index is 13.6. The number of hydrogen-bond acceptors (Lipinski definition) is 3. The Kier molecular flexibility index (Phi) is 3.17. The first-order chi connectivity index (χ1) is 7.68. The van der Waals surface area contributed by atoms with Crippen LogP contribution in [0.2, 0.25) is 5.02 Å². The van der Waals surface area contributed by atoms with Crippen LogP contribution in [-0.4, -0.2) is 15.4 Å². The summed E-state index contributed by atoms with van der Waals surface area (Å²) < 4.78 is 13.6. The highest BCUT2D eigenvalue weighted by molar-refractivity contribution is 6.30. The molecule has 0 fully saturated rings. The minimum atomic E-state index is -0.428. The molecule has 0 bridgehead atoms. The normalized spacial score (nSPS) is 12.7. The summed E-state index contributed by atoms with van der Waals surface area (Å²) in [6, 6.07) is 4.45. The molecule has 1 atom stereocenters. The summed E-state index contributed by atoms with van der Waals surface area (Å²) in [5.41, 5.74) is 6.93. The van der Waals surface area contributed by atoms with E-state index in [1.54, 1.807) is 12.1 Å². The van der Waals surface area contributed by atoms with Crippen molar-refractivity contribution in [1.82, 2.24) is 15.4 Å². The van der Waals surface area contributed by atoms with Crippen molar-refractivity contribution in [3.8, 4) is 0 Å². The van der Waals surface area contributed by atoms with Gasteiger partial charge in [0.05, 0.1) is 23.0 Å². The lowest BCUT2D eigenvalue weighted by molar-refractivity contribution is 0.590. The predicted molar refractivity (Wildman–Crippen MR) is 58.4 cm³/mol. The summed E-state index contributed by atoms with van der Waals surface area (Å²) in [5, 5.41) is 10.1. The van der Waals surface area contributed by atoms with Gasteiger partial charge in [0.25, 0.3) is 0 Å². The van der Waals surface area contributed by atoms with Crippen LogP contribution in [0.5, 0.6) is 0 Å². The predicted octanol–water partition coefficient (Wildman–Crippen LogP) is 1.84. The number of halogens is 2. The van der Waals surface area contributed by atoms with Gasteiger partial charge >= 0.3 is 0 Å². The van der Waals surface area contributed by atoms with Crippen LogP contribution in [0.3, 0.4) is 0 Å². The van der Waals surface area contributed by atoms with Gasteiger partial charge < -0.3 is 5.73 Å². The summed E-state index contributed by atoms with van der Waals surface area (Å²) in [6.45, 7) is 0. The molecule has 2 aromatic rings. The molecular formula is C10H10ClFN4. The minimum absolute atomic E-state index is 0.102. The molecular weight excluding hydrogens is 231 g/mol. The fourth-order valence-electron chi connectivity index (χ4n) is 1.44. The Morgan fingerprint density at radius 2 is 2.31 bits per heavy atom. The third kappa shape index (κ3) is 2.20. The van der Waals surface area contributed by atoms with Crippen molar-refractivity contribution < 1.29 is 4.39 Å². The highest BCUT2D eigenvalue weighted by Crippen LogP contribution is 2.21. The van der Waals surface area contributed by atoms with Gasteiger partial charge in [-0.3, -0.25) is 0 Å². The second-order valence-corrected chi connectivity index (χ2v) is 3.83. The molecule has 1 aromatic heterocycles. The van der Waals surface area contributed by atoms with Crippen LogP contribution in [0.15, 0.2) is 24.4 Å². The van der Waals surface area contributed by atoms with E-state index < -0.39 is 11.9 Å². The number of aromatic amines is 1. The van der Waals surface area contributed by atoms with Gasteiger partial charge in [0.2, 0.25) is 0 Å². The molecule has 0 radical (unpaired) electrons. The van der Waals surface area contributed by atoms with Gasteiger partial charge in [-0.05, 0) is 18.1 Å². The zero-order chi connectivity index (χ0) is 11.5. The second-order valence-electron chi connectivity index (χ2n) is 3.42. The van der Waals surface area contributed by atoms with E-state index in [0.717, 1.165) is 0 Å². The molecule has 84 valence electrons. The first-order valence-electron chi connectivity index (χ1n) is 4.72. The summed E-state index contributed by atoms with van der Waals surface area (Å²) in [5.74, 6) is -0.428. The first-order valence-corrected chi connectivity index (χ1v) is 5.10. The Morgan fingerprint density at radius 1 is 1.50 bits per heavy atom. The second kappa shape index (κ2) is 4.59. The number of nitrogens with zero attached hydrogens (tertiary/aromatic N) is 2. The highest BCUT2D eigenvalue weighted by Gasteiger charge is 2.13. The number of hydrogen-bond donors (Lipinski definition) is 2. The number of aromatic nitrogens is 3. The van der Waals surface area contributed by atoms with Crippen LogP contribution in [0.25, 0.3) is 0 Å². The third-order valence-electron chi connectivity index (χ3n) is 2.28. The summed E-state index contributed by atoms with van der Waals surface area (Å²) in [4.78, 5) is 0. The Hall–Kier alpha value is -1.46. The molecule has 3 N–H and O–H groups in total. The van der Waals surface area contributed by atoms with Crippen molar-refractivity contribution in [3.05, 3.63) is 46.5 Å². The van der Waals surface area contributed by atoms with E-state index in [9.17, 15) is 4.39 Å². The van der Waals surface area contributed by atoms with Crippen LogP contribution in [0.4, 0.5) is 4.39 Å². The van der Waals surface area contributed by atoms with Gasteiger partial charge in [-0.15, -0.1) is 0 Å². The zero-order valence-corrected chi connectivity index (χ0v) is 9.08. The van der Waals surface area contributed by atoms with Gasteiger partial charge in [0.15, 0.2) is 0 Å². The van der Waals surface area contributed by atoms with Crippen LogP contribution in [-0.2, 0) is 6.42 Å². The summed E-state index contributed by atoms with van der Waals surface area (Å²) in [6.07, 6.45) is 1.85. The average molecular weight is 241 g/mol. The number of nitrogens with one attached hydrogen (secondary N) is 1. The Balaban J connectivity index is 2.18. The molecule has 1 unspecified atom stereocenters. The maximum absolute atomic E-state index is 13.6. The van der Waals surface area contributed by atoms with Crippen LogP contribution in [0.1, 0.15) is 17.3 Å². The molecule has 0 saturated heterocycles. The fourth-order valence-corrected chi connectivity index (χ4v) is 1.63. The molecule has 0 aliphatic heterocycles. The van der Waals surface area contributed by atoms with Gasteiger partial charge in [-0.2, -0.15) is 15.4 Å². The molecule has 16 heavy (non-hydrogen) atoms. The standard InChI is InChI=1S/C10H10ClFN4/c11-7-3-1-2-6(10(7)12)4-8(13)9-5-14-16-15-9/h1-3,5,8H,4,13H2,(H,14,15,16). The largest absolute Gasteiger partial charge is 0.322 e. The third-order valence-corrected chi connectivity index (χ3v) is 2.58. The Labute approximate surface area is 96.6 Å². The topological polar surface area (TPSA) is 67.6 Å². The van der Waals surface area contributed by atoms with Crippen molar-refractivity contribution in [2.24, 2.45) is 5.73 Å². The van der Waals surface area contributed by atoms with E-state index in [4.69, 9.17) is 17.3 Å². The molecule has 0 amide bonds. The molecule has 0 saturated carbocycles. The van der Waals surface area contributed by atoms with E-state index in [2.05, 4.69) is 15.4 Å². The van der Waals surface area contributed by atoms with Crippen molar-refractivity contribution in [2.75, 3.05) is 0 Å². The van der Waals surface area contributed by atoms with Gasteiger partial charge in [-0.1, -0.05) is 23.7 Å². The highest BCUT2D eigenvalue weighted by atomic mass is 35.5. The quantitative estimate of drug-likeness (QED) is 0.860. The molecule has 6 heteroatoms. The summed E-state index contributed by atoms with van der Waals surface area (Å²) >= 11 is 5.67. The zero-order valence-electron chi connectivity index (χ0n) is 8.32. The van der Waals surface area contributed by atoms with Gasteiger partial charge in [0, 0.05) is 0 Å². The number of nitrogens with two attached hydrogens (primary N) is 1. The molecule has 0 aliphatic carbocycles. The van der Waals surface area contributed by atoms with E-state index in [1.165, 1.54) is 12.3 Å². The molecule has 1 aromatic carbocycles. The lowest BCUT2D eigenvalue weighted by atomic mass is 10.0.